The number of sulfone groups is 1. The van der Waals surface area contributed by atoms with Crippen LogP contribution in [0.3, 0.4) is 0 Å². The van der Waals surface area contributed by atoms with E-state index in [0.29, 0.717) is 17.9 Å². The van der Waals surface area contributed by atoms with Gasteiger partial charge in [-0.15, -0.1) is 0 Å². The van der Waals surface area contributed by atoms with Crippen LogP contribution in [0.15, 0.2) is 41.2 Å². The van der Waals surface area contributed by atoms with Gasteiger partial charge in [0.25, 0.3) is 5.56 Å². The van der Waals surface area contributed by atoms with Gasteiger partial charge in [0.15, 0.2) is 9.84 Å². The summed E-state index contributed by atoms with van der Waals surface area (Å²) in [4.78, 5) is 26.0. The molecule has 1 amide bonds. The van der Waals surface area contributed by atoms with E-state index in [-0.39, 0.29) is 30.0 Å². The summed E-state index contributed by atoms with van der Waals surface area (Å²) in [6.45, 7) is -0.240. The molecule has 0 N–H and O–H groups in total. The fourth-order valence-electron chi connectivity index (χ4n) is 3.00. The number of benzene rings is 1. The van der Waals surface area contributed by atoms with E-state index < -0.39 is 15.4 Å². The van der Waals surface area contributed by atoms with Crippen molar-refractivity contribution in [2.24, 2.45) is 0 Å². The van der Waals surface area contributed by atoms with E-state index >= 15 is 0 Å². The summed E-state index contributed by atoms with van der Waals surface area (Å²) in [6, 6.07) is 9.79. The van der Waals surface area contributed by atoms with Gasteiger partial charge in [-0.2, -0.15) is 5.10 Å². The van der Waals surface area contributed by atoms with Crippen molar-refractivity contribution >= 4 is 15.7 Å². The molecule has 1 fully saturated rings. The number of hydrogen-bond donors (Lipinski definition) is 0. The summed E-state index contributed by atoms with van der Waals surface area (Å²) in [5.74, 6) is 0.401. The van der Waals surface area contributed by atoms with E-state index in [4.69, 9.17) is 4.74 Å². The molecule has 3 rings (SSSR count). The molecule has 0 aliphatic carbocycles. The molecule has 0 spiro atoms. The SMILES string of the molecule is COc1ccc(-c2ccc(=O)n(CC(=O)N(C)C3CCS(=O)(=O)C3)n2)cc1. The lowest BCUT2D eigenvalue weighted by atomic mass is 10.1. The number of carbonyl (C=O) groups excluding carboxylic acids is 1. The molecule has 1 aromatic heterocycles. The molecule has 1 aliphatic heterocycles. The Labute approximate surface area is 157 Å². The second-order valence-electron chi connectivity index (χ2n) is 6.50. The van der Waals surface area contributed by atoms with Crippen LogP contribution in [0.2, 0.25) is 0 Å². The van der Waals surface area contributed by atoms with Crippen LogP contribution < -0.4 is 10.3 Å². The lowest BCUT2D eigenvalue weighted by Gasteiger charge is -2.23. The third kappa shape index (κ3) is 4.36. The van der Waals surface area contributed by atoms with Crippen LogP contribution in [0.5, 0.6) is 5.75 Å². The predicted octanol–water partition coefficient (Wildman–Crippen LogP) is 0.564. The number of carbonyl (C=O) groups is 1. The highest BCUT2D eigenvalue weighted by molar-refractivity contribution is 7.91. The Morgan fingerprint density at radius 1 is 1.26 bits per heavy atom. The number of likely N-dealkylation sites (N-methyl/N-ethyl adjacent to an activating group) is 1. The Kier molecular flexibility index (Phi) is 5.31. The highest BCUT2D eigenvalue weighted by Crippen LogP contribution is 2.20. The van der Waals surface area contributed by atoms with E-state index in [0.717, 1.165) is 10.2 Å². The minimum absolute atomic E-state index is 0.0382. The lowest BCUT2D eigenvalue weighted by Crippen LogP contribution is -2.41. The Bertz CT molecular complexity index is 998. The van der Waals surface area contributed by atoms with Crippen molar-refractivity contribution in [1.82, 2.24) is 14.7 Å². The molecule has 2 heterocycles. The van der Waals surface area contributed by atoms with Crippen LogP contribution in [0, 0.1) is 0 Å². The van der Waals surface area contributed by atoms with Crippen molar-refractivity contribution in [1.29, 1.82) is 0 Å². The van der Waals surface area contributed by atoms with Crippen molar-refractivity contribution in [3.63, 3.8) is 0 Å². The normalized spacial score (nSPS) is 18.2. The fraction of sp³-hybridized carbons (Fsp3) is 0.389. The maximum absolute atomic E-state index is 12.5. The van der Waals surface area contributed by atoms with E-state index in [2.05, 4.69) is 5.10 Å². The topological polar surface area (TPSA) is 98.6 Å². The molecule has 0 radical (unpaired) electrons. The van der Waals surface area contributed by atoms with Gasteiger partial charge in [0.2, 0.25) is 5.91 Å². The van der Waals surface area contributed by atoms with Crippen molar-refractivity contribution in [3.8, 4) is 17.0 Å². The third-order valence-electron chi connectivity index (χ3n) is 4.69. The van der Waals surface area contributed by atoms with Crippen molar-refractivity contribution in [3.05, 3.63) is 46.8 Å². The minimum atomic E-state index is -3.09. The molecule has 144 valence electrons. The Morgan fingerprint density at radius 2 is 1.96 bits per heavy atom. The molecule has 1 saturated heterocycles. The van der Waals surface area contributed by atoms with Crippen molar-refractivity contribution in [2.75, 3.05) is 25.7 Å². The molecule has 0 saturated carbocycles. The number of nitrogens with zero attached hydrogens (tertiary/aromatic N) is 3. The van der Waals surface area contributed by atoms with Gasteiger partial charge < -0.3 is 9.64 Å². The van der Waals surface area contributed by atoms with Gasteiger partial charge in [-0.3, -0.25) is 9.59 Å². The van der Waals surface area contributed by atoms with Gasteiger partial charge in [-0.05, 0) is 36.8 Å². The number of methoxy groups -OCH3 is 1. The van der Waals surface area contributed by atoms with E-state index in [9.17, 15) is 18.0 Å². The predicted molar refractivity (Wildman–Crippen MR) is 100 cm³/mol. The molecular formula is C18H21N3O5S. The Hall–Kier alpha value is -2.68. The first-order valence-corrected chi connectivity index (χ1v) is 10.3. The first-order valence-electron chi connectivity index (χ1n) is 8.48. The zero-order chi connectivity index (χ0) is 19.6. The van der Waals surface area contributed by atoms with Crippen molar-refractivity contribution < 1.29 is 17.9 Å². The molecular weight excluding hydrogens is 370 g/mol. The number of ether oxygens (including phenoxy) is 1. The quantitative estimate of drug-likeness (QED) is 0.739. The second-order valence-corrected chi connectivity index (χ2v) is 8.73. The van der Waals surface area contributed by atoms with Crippen LogP contribution in [0.25, 0.3) is 11.3 Å². The average molecular weight is 391 g/mol. The minimum Gasteiger partial charge on any atom is -0.497 e. The van der Waals surface area contributed by atoms with Gasteiger partial charge in [0, 0.05) is 24.7 Å². The Balaban J connectivity index is 1.78. The summed E-state index contributed by atoms with van der Waals surface area (Å²) in [7, 11) is 0.0444. The van der Waals surface area contributed by atoms with E-state index in [1.807, 2.05) is 12.1 Å². The van der Waals surface area contributed by atoms with E-state index in [1.165, 1.54) is 11.0 Å². The molecule has 1 atom stereocenters. The van der Waals surface area contributed by atoms with Gasteiger partial charge in [0.1, 0.15) is 12.3 Å². The van der Waals surface area contributed by atoms with E-state index in [1.54, 1.807) is 32.4 Å². The van der Waals surface area contributed by atoms with Crippen LogP contribution in [0.4, 0.5) is 0 Å². The van der Waals surface area contributed by atoms with Crippen LogP contribution >= 0.6 is 0 Å². The summed E-state index contributed by atoms with van der Waals surface area (Å²) < 4.78 is 29.4. The summed E-state index contributed by atoms with van der Waals surface area (Å²) in [5, 5.41) is 4.27. The van der Waals surface area contributed by atoms with Gasteiger partial charge >= 0.3 is 0 Å². The summed E-state index contributed by atoms with van der Waals surface area (Å²) >= 11 is 0. The number of aromatic nitrogens is 2. The van der Waals surface area contributed by atoms with Crippen LogP contribution in [-0.2, 0) is 21.2 Å². The lowest BCUT2D eigenvalue weighted by molar-refractivity contribution is -0.132. The first-order chi connectivity index (χ1) is 12.8. The molecule has 1 unspecified atom stereocenters. The average Bonchev–Trinajstić information content (AvgIpc) is 3.02. The highest BCUT2D eigenvalue weighted by Gasteiger charge is 2.32. The molecule has 1 aliphatic rings. The largest absolute Gasteiger partial charge is 0.497 e. The zero-order valence-electron chi connectivity index (χ0n) is 15.2. The second kappa shape index (κ2) is 7.51. The van der Waals surface area contributed by atoms with Crippen LogP contribution in [-0.4, -0.2) is 60.7 Å². The third-order valence-corrected chi connectivity index (χ3v) is 6.44. The number of amides is 1. The fourth-order valence-corrected chi connectivity index (χ4v) is 4.78. The monoisotopic (exact) mass is 391 g/mol. The molecule has 9 heteroatoms. The maximum atomic E-state index is 12.5. The molecule has 27 heavy (non-hydrogen) atoms. The summed E-state index contributed by atoms with van der Waals surface area (Å²) in [5.41, 5.74) is 0.941. The maximum Gasteiger partial charge on any atom is 0.267 e. The zero-order valence-corrected chi connectivity index (χ0v) is 16.0. The molecule has 0 bridgehead atoms. The first kappa shape index (κ1) is 19.1. The van der Waals surface area contributed by atoms with Gasteiger partial charge in [-0.1, -0.05) is 0 Å². The Morgan fingerprint density at radius 3 is 2.56 bits per heavy atom. The number of rotatable bonds is 5. The van der Waals surface area contributed by atoms with Crippen LogP contribution in [0.1, 0.15) is 6.42 Å². The summed E-state index contributed by atoms with van der Waals surface area (Å²) in [6.07, 6.45) is 0.415. The number of hydrogen-bond acceptors (Lipinski definition) is 6. The van der Waals surface area contributed by atoms with Gasteiger partial charge in [-0.25, -0.2) is 13.1 Å². The molecule has 2 aromatic rings. The van der Waals surface area contributed by atoms with Crippen molar-refractivity contribution in [2.45, 2.75) is 19.0 Å². The molecule has 1 aromatic carbocycles. The smallest absolute Gasteiger partial charge is 0.267 e. The molecule has 8 nitrogen and oxygen atoms in total. The highest BCUT2D eigenvalue weighted by atomic mass is 32.2. The standard InChI is InChI=1S/C18H21N3O5S/c1-20(14-9-10-27(24,25)12-14)18(23)11-21-17(22)8-7-16(19-21)13-3-5-15(26-2)6-4-13/h3-8,14H,9-12H2,1-2H3. The van der Waals surface area contributed by atoms with Gasteiger partial charge in [0.05, 0.1) is 24.3 Å².